The summed E-state index contributed by atoms with van der Waals surface area (Å²) in [6.45, 7) is 4.88. The molecule has 1 unspecified atom stereocenters. The van der Waals surface area contributed by atoms with Crippen LogP contribution in [0.15, 0.2) is 36.7 Å². The third kappa shape index (κ3) is 4.08. The zero-order valence-electron chi connectivity index (χ0n) is 16.1. The number of imidazole rings is 1. The average Bonchev–Trinajstić information content (AvgIpc) is 3.07. The molecule has 0 aliphatic rings. The van der Waals surface area contributed by atoms with E-state index in [4.69, 9.17) is 11.6 Å². The van der Waals surface area contributed by atoms with E-state index >= 15 is 0 Å². The molecule has 3 aromatic rings. The van der Waals surface area contributed by atoms with Crippen LogP contribution in [-0.2, 0) is 16.8 Å². The van der Waals surface area contributed by atoms with Crippen LogP contribution in [0.1, 0.15) is 37.9 Å². The minimum absolute atomic E-state index is 0.0985. The van der Waals surface area contributed by atoms with Crippen molar-refractivity contribution < 1.29 is 13.6 Å². The van der Waals surface area contributed by atoms with Crippen molar-refractivity contribution in [2.75, 3.05) is 0 Å². The Bertz CT molecular complexity index is 1130. The van der Waals surface area contributed by atoms with Crippen molar-refractivity contribution in [3.8, 4) is 6.07 Å². The fraction of sp³-hybridized carbons (Fsp3) is 0.286. The van der Waals surface area contributed by atoms with Crippen LogP contribution in [0, 0.1) is 23.0 Å². The highest BCUT2D eigenvalue weighted by Gasteiger charge is 2.24. The van der Waals surface area contributed by atoms with Gasteiger partial charge in [-0.3, -0.25) is 4.79 Å². The zero-order valence-corrected chi connectivity index (χ0v) is 16.9. The van der Waals surface area contributed by atoms with Gasteiger partial charge in [0.15, 0.2) is 0 Å². The Morgan fingerprint density at radius 1 is 1.31 bits per heavy atom. The first-order valence-electron chi connectivity index (χ1n) is 8.93. The lowest BCUT2D eigenvalue weighted by Crippen LogP contribution is -2.30. The summed E-state index contributed by atoms with van der Waals surface area (Å²) in [5.41, 5.74) is 0.724. The smallest absolute Gasteiger partial charge is 0.240 e. The van der Waals surface area contributed by atoms with E-state index in [1.807, 2.05) is 0 Å². The van der Waals surface area contributed by atoms with Crippen molar-refractivity contribution in [3.05, 3.63) is 64.4 Å². The molecule has 1 atom stereocenters. The molecule has 1 heterocycles. The summed E-state index contributed by atoms with van der Waals surface area (Å²) < 4.78 is 29.7. The second kappa shape index (κ2) is 7.80. The Morgan fingerprint density at radius 2 is 2.03 bits per heavy atom. The number of nitrogens with one attached hydrogen (secondary N) is 1. The predicted molar refractivity (Wildman–Crippen MR) is 106 cm³/mol. The largest absolute Gasteiger partial charge is 0.348 e. The Labute approximate surface area is 171 Å². The second-order valence-corrected chi connectivity index (χ2v) is 7.74. The molecule has 0 spiro atoms. The first-order chi connectivity index (χ1) is 13.6. The molecule has 0 aliphatic carbocycles. The van der Waals surface area contributed by atoms with Crippen molar-refractivity contribution in [2.24, 2.45) is 0 Å². The average molecular weight is 417 g/mol. The number of hydrogen-bond acceptors (Lipinski definition) is 3. The van der Waals surface area contributed by atoms with E-state index in [9.17, 15) is 18.8 Å². The topological polar surface area (TPSA) is 70.7 Å². The van der Waals surface area contributed by atoms with Gasteiger partial charge in [-0.1, -0.05) is 23.7 Å². The number of hydrogen-bond donors (Lipinski definition) is 1. The van der Waals surface area contributed by atoms with E-state index in [1.165, 1.54) is 29.1 Å². The Morgan fingerprint density at radius 3 is 2.69 bits per heavy atom. The number of fused-ring (bicyclic) bond motifs is 1. The standard InChI is InChI=1S/C21H19ClF2N4O/c1-12(13-4-5-14(16(24)8-13)21(2,3)10-25)27-18(29)9-28-11-26-17-7-6-15(23)19(22)20(17)28/h4-8,11-12H,9H2,1-3H3,(H,27,29). The number of rotatable bonds is 5. The van der Waals surface area contributed by atoms with Gasteiger partial charge in [-0.15, -0.1) is 0 Å². The Kier molecular flexibility index (Phi) is 5.58. The van der Waals surface area contributed by atoms with Gasteiger partial charge in [0.25, 0.3) is 0 Å². The van der Waals surface area contributed by atoms with E-state index in [0.29, 0.717) is 22.2 Å². The van der Waals surface area contributed by atoms with Crippen LogP contribution >= 0.6 is 11.6 Å². The molecule has 0 fully saturated rings. The summed E-state index contributed by atoms with van der Waals surface area (Å²) in [7, 11) is 0. The highest BCUT2D eigenvalue weighted by Crippen LogP contribution is 2.28. The van der Waals surface area contributed by atoms with Crippen LogP contribution < -0.4 is 5.32 Å². The molecule has 0 bridgehead atoms. The molecule has 1 amide bonds. The molecule has 150 valence electrons. The number of carbonyl (C=O) groups excluding carboxylic acids is 1. The van der Waals surface area contributed by atoms with Crippen molar-refractivity contribution in [1.82, 2.24) is 14.9 Å². The first-order valence-corrected chi connectivity index (χ1v) is 9.31. The van der Waals surface area contributed by atoms with E-state index < -0.39 is 23.1 Å². The van der Waals surface area contributed by atoms with E-state index in [0.717, 1.165) is 0 Å². The molecule has 0 saturated heterocycles. The molecular weight excluding hydrogens is 398 g/mol. The Hall–Kier alpha value is -2.98. The first kappa shape index (κ1) is 20.7. The van der Waals surface area contributed by atoms with Crippen LogP contribution in [0.3, 0.4) is 0 Å². The van der Waals surface area contributed by atoms with Crippen LogP contribution in [0.4, 0.5) is 8.78 Å². The molecule has 0 aliphatic heterocycles. The Balaban J connectivity index is 1.76. The second-order valence-electron chi connectivity index (χ2n) is 7.37. The third-order valence-electron chi connectivity index (χ3n) is 4.81. The quantitative estimate of drug-likeness (QED) is 0.658. The predicted octanol–water partition coefficient (Wildman–Crippen LogP) is 4.65. The number of carbonyl (C=O) groups is 1. The number of amides is 1. The van der Waals surface area contributed by atoms with Gasteiger partial charge in [-0.05, 0) is 44.5 Å². The number of benzene rings is 2. The van der Waals surface area contributed by atoms with Gasteiger partial charge >= 0.3 is 0 Å². The summed E-state index contributed by atoms with van der Waals surface area (Å²) in [6, 6.07) is 8.86. The lowest BCUT2D eigenvalue weighted by atomic mass is 9.85. The van der Waals surface area contributed by atoms with Gasteiger partial charge in [-0.25, -0.2) is 13.8 Å². The lowest BCUT2D eigenvalue weighted by molar-refractivity contribution is -0.122. The van der Waals surface area contributed by atoms with Gasteiger partial charge in [-0.2, -0.15) is 5.26 Å². The molecule has 0 radical (unpaired) electrons. The summed E-state index contributed by atoms with van der Waals surface area (Å²) in [4.78, 5) is 16.6. The number of halogens is 3. The fourth-order valence-corrected chi connectivity index (χ4v) is 3.38. The molecule has 1 N–H and O–H groups in total. The zero-order chi connectivity index (χ0) is 21.3. The van der Waals surface area contributed by atoms with E-state index in [1.54, 1.807) is 32.9 Å². The molecule has 0 saturated carbocycles. The molecular formula is C21H19ClF2N4O. The molecule has 1 aromatic heterocycles. The highest BCUT2D eigenvalue weighted by atomic mass is 35.5. The maximum Gasteiger partial charge on any atom is 0.240 e. The van der Waals surface area contributed by atoms with Gasteiger partial charge in [0.05, 0.1) is 34.9 Å². The molecule has 29 heavy (non-hydrogen) atoms. The fourth-order valence-electron chi connectivity index (χ4n) is 3.11. The maximum absolute atomic E-state index is 14.5. The van der Waals surface area contributed by atoms with Gasteiger partial charge in [0, 0.05) is 5.56 Å². The SMILES string of the molecule is CC(NC(=O)Cn1cnc2ccc(F)c(Cl)c21)c1ccc(C(C)(C)C#N)c(F)c1. The van der Waals surface area contributed by atoms with Crippen molar-refractivity contribution in [3.63, 3.8) is 0 Å². The monoisotopic (exact) mass is 416 g/mol. The van der Waals surface area contributed by atoms with E-state index in [2.05, 4.69) is 16.4 Å². The minimum Gasteiger partial charge on any atom is -0.348 e. The maximum atomic E-state index is 14.5. The van der Waals surface area contributed by atoms with Crippen LogP contribution in [0.5, 0.6) is 0 Å². The number of nitriles is 1. The number of aromatic nitrogens is 2. The molecule has 2 aromatic carbocycles. The van der Waals surface area contributed by atoms with Crippen molar-refractivity contribution >= 4 is 28.5 Å². The summed E-state index contributed by atoms with van der Waals surface area (Å²) in [5.74, 6) is -1.46. The van der Waals surface area contributed by atoms with Gasteiger partial charge in [0.1, 0.15) is 23.2 Å². The van der Waals surface area contributed by atoms with Crippen molar-refractivity contribution in [1.29, 1.82) is 5.26 Å². The minimum atomic E-state index is -0.952. The molecule has 5 nitrogen and oxygen atoms in total. The van der Waals surface area contributed by atoms with Crippen LogP contribution in [0.2, 0.25) is 5.02 Å². The lowest BCUT2D eigenvalue weighted by Gasteiger charge is -2.20. The van der Waals surface area contributed by atoms with Crippen LogP contribution in [0.25, 0.3) is 11.0 Å². The summed E-state index contributed by atoms with van der Waals surface area (Å²) >= 11 is 6.01. The highest BCUT2D eigenvalue weighted by molar-refractivity contribution is 6.35. The number of nitrogens with zero attached hydrogens (tertiary/aromatic N) is 3. The van der Waals surface area contributed by atoms with Gasteiger partial charge in [0.2, 0.25) is 5.91 Å². The molecule has 8 heteroatoms. The third-order valence-corrected chi connectivity index (χ3v) is 5.17. The van der Waals surface area contributed by atoms with Crippen molar-refractivity contribution in [2.45, 2.75) is 38.8 Å². The molecule has 3 rings (SSSR count). The van der Waals surface area contributed by atoms with Crippen LogP contribution in [-0.4, -0.2) is 15.5 Å². The van der Waals surface area contributed by atoms with E-state index in [-0.39, 0.29) is 17.5 Å². The normalized spacial score (nSPS) is 12.6. The summed E-state index contributed by atoms with van der Waals surface area (Å²) in [6.07, 6.45) is 1.42. The van der Waals surface area contributed by atoms with Gasteiger partial charge < -0.3 is 9.88 Å². The summed E-state index contributed by atoms with van der Waals surface area (Å²) in [5, 5.41) is 11.9.